The molecule has 7 atom stereocenters. The summed E-state index contributed by atoms with van der Waals surface area (Å²) in [6, 6.07) is 0.537. The smallest absolute Gasteiger partial charge is 0.438 e. The molecule has 342 valence electrons. The first-order valence-corrected chi connectivity index (χ1v) is 21.4. The van der Waals surface area contributed by atoms with Gasteiger partial charge in [-0.1, -0.05) is 19.1 Å². The van der Waals surface area contributed by atoms with Crippen LogP contribution in [0.15, 0.2) is 30.4 Å². The number of hydrogen-bond acceptors (Lipinski definition) is 12. The minimum atomic E-state index is -5.11. The summed E-state index contributed by atoms with van der Waals surface area (Å²) < 4.78 is 134. The molecule has 23 heteroatoms. The van der Waals surface area contributed by atoms with E-state index in [1.54, 1.807) is 12.2 Å². The number of methoxy groups -OCH3 is 2. The molecule has 2 saturated carbocycles. The van der Waals surface area contributed by atoms with E-state index in [1.165, 1.54) is 32.4 Å². The van der Waals surface area contributed by atoms with Crippen molar-refractivity contribution in [3.05, 3.63) is 36.0 Å². The fourth-order valence-corrected chi connectivity index (χ4v) is 9.07. The minimum absolute atomic E-state index is 0.0383. The zero-order valence-electron chi connectivity index (χ0n) is 34.4. The third-order valence-electron chi connectivity index (χ3n) is 11.5. The molecule has 1 saturated heterocycles. The van der Waals surface area contributed by atoms with Crippen LogP contribution in [-0.4, -0.2) is 115 Å². The Morgan fingerprint density at radius 3 is 2.35 bits per heavy atom. The van der Waals surface area contributed by atoms with Crippen LogP contribution >= 0.6 is 0 Å². The number of halogens is 6. The lowest BCUT2D eigenvalue weighted by Gasteiger charge is -2.35. The van der Waals surface area contributed by atoms with E-state index in [1.807, 2.05) is 6.92 Å². The van der Waals surface area contributed by atoms with Gasteiger partial charge in [-0.2, -0.15) is 26.3 Å². The number of amides is 4. The Kier molecular flexibility index (Phi) is 13.0. The molecule has 2 aliphatic heterocycles. The van der Waals surface area contributed by atoms with E-state index >= 15 is 0 Å². The lowest BCUT2D eigenvalue weighted by molar-refractivity contribution is -0.244. The summed E-state index contributed by atoms with van der Waals surface area (Å²) >= 11 is 0. The first-order valence-electron chi connectivity index (χ1n) is 19.9. The molecule has 6 rings (SSSR count). The molecule has 0 unspecified atom stereocenters. The average Bonchev–Trinajstić information content (AvgIpc) is 4.10. The molecule has 0 radical (unpaired) electrons. The number of nitrogens with zero attached hydrogens (tertiary/aromatic N) is 3. The monoisotopic (exact) mass is 906 g/mol. The number of alkyl halides is 6. The summed E-state index contributed by atoms with van der Waals surface area (Å²) in [5.74, 6) is -5.77. The highest BCUT2D eigenvalue weighted by molar-refractivity contribution is 7.91. The lowest BCUT2D eigenvalue weighted by atomic mass is 9.87. The maximum Gasteiger partial charge on any atom is 0.438 e. The van der Waals surface area contributed by atoms with Gasteiger partial charge in [0.1, 0.15) is 29.5 Å². The van der Waals surface area contributed by atoms with Crippen molar-refractivity contribution in [2.24, 2.45) is 17.8 Å². The van der Waals surface area contributed by atoms with Crippen molar-refractivity contribution in [3.63, 3.8) is 0 Å². The van der Waals surface area contributed by atoms with Gasteiger partial charge in [-0.25, -0.2) is 23.2 Å². The molecular formula is C39H48F6N6O10S. The number of nitrogens with one attached hydrogen (secondary N) is 3. The summed E-state index contributed by atoms with van der Waals surface area (Å²) in [4.78, 5) is 65.1. The van der Waals surface area contributed by atoms with Gasteiger partial charge in [0, 0.05) is 31.4 Å². The standard InChI is InChI=1S/C39H48F6N6O10S/c1-20-8-6-7-9-22-17-37(22,34(54)50-62(56,57)25-11-12-25)49-31(52)28-16-24(60-32-30(38(40,41)42)46-26-13-10-23(59-5)15-27(26)47-32)18-51(28)33(53)29(21(14-20)19-58-4)48-35(55)61-36(2,3)39(43,44)45/h7,9-10,13,15,20-22,24-25,28-29H,6,8,11-12,14,16-19H2,1-5H3,(H,48,55)(H,49,52)(H,50,54)/b9-7-/t20-,21+,22+,24-,28+,29+,37+/m1/s1. The number of fused-ring (bicyclic) bond motifs is 3. The van der Waals surface area contributed by atoms with E-state index in [4.69, 9.17) is 18.9 Å². The third kappa shape index (κ3) is 10.1. The van der Waals surface area contributed by atoms with Crippen LogP contribution in [0.4, 0.5) is 31.1 Å². The van der Waals surface area contributed by atoms with Crippen LogP contribution in [0.3, 0.4) is 0 Å². The third-order valence-corrected chi connectivity index (χ3v) is 13.3. The molecule has 4 amide bonds. The van der Waals surface area contributed by atoms with Crippen molar-refractivity contribution in [2.75, 3.05) is 27.4 Å². The number of aromatic nitrogens is 2. The Balaban J connectivity index is 1.41. The summed E-state index contributed by atoms with van der Waals surface area (Å²) in [7, 11) is -1.48. The molecule has 0 bridgehead atoms. The SMILES string of the molecule is COC[C@@H]1C[C@H](C)CC/C=C\[C@H]2C[C@]2(C(=O)NS(=O)(=O)C2CC2)NC(=O)[C@@H]2C[C@@H](Oc3nc4cc(OC)ccc4nc3C(F)(F)F)CN2C(=O)[C@H]1NC(=O)OC(C)(C)C(F)(F)F. The van der Waals surface area contributed by atoms with E-state index in [2.05, 4.69) is 25.3 Å². The van der Waals surface area contributed by atoms with Gasteiger partial charge in [-0.3, -0.25) is 19.1 Å². The molecule has 1 aromatic carbocycles. The minimum Gasteiger partial charge on any atom is -0.497 e. The van der Waals surface area contributed by atoms with E-state index in [0.717, 1.165) is 4.90 Å². The predicted molar refractivity (Wildman–Crippen MR) is 206 cm³/mol. The number of hydrogen-bond donors (Lipinski definition) is 3. The number of sulfonamides is 1. The fraction of sp³-hybridized carbons (Fsp3) is 0.641. The number of rotatable bonds is 10. The topological polar surface area (TPSA) is 204 Å². The van der Waals surface area contributed by atoms with Gasteiger partial charge in [0.15, 0.2) is 0 Å². The Morgan fingerprint density at radius 1 is 1.02 bits per heavy atom. The predicted octanol–water partition coefficient (Wildman–Crippen LogP) is 4.56. The van der Waals surface area contributed by atoms with E-state index in [9.17, 15) is 53.9 Å². The highest BCUT2D eigenvalue weighted by atomic mass is 32.2. The zero-order chi connectivity index (χ0) is 45.6. The van der Waals surface area contributed by atoms with E-state index in [-0.39, 0.29) is 42.1 Å². The van der Waals surface area contributed by atoms with Gasteiger partial charge in [-0.05, 0) is 70.4 Å². The molecule has 4 aliphatic rings. The Labute approximate surface area is 352 Å². The molecule has 2 aliphatic carbocycles. The van der Waals surface area contributed by atoms with Crippen LogP contribution < -0.4 is 24.8 Å². The van der Waals surface area contributed by atoms with Gasteiger partial charge < -0.3 is 34.5 Å². The molecule has 2 aromatic rings. The van der Waals surface area contributed by atoms with Crippen LogP contribution in [0.1, 0.15) is 71.4 Å². The van der Waals surface area contributed by atoms with Crippen LogP contribution in [0.2, 0.25) is 0 Å². The molecule has 1 aromatic heterocycles. The summed E-state index contributed by atoms with van der Waals surface area (Å²) in [5.41, 5.74) is -6.58. The van der Waals surface area contributed by atoms with Crippen LogP contribution in [0.25, 0.3) is 11.0 Å². The second-order valence-electron chi connectivity index (χ2n) is 16.7. The number of alkyl carbamates (subject to hydrolysis) is 1. The second kappa shape index (κ2) is 17.3. The number of allylic oxidation sites excluding steroid dienone is 1. The number of carbonyl (C=O) groups excluding carboxylic acids is 4. The van der Waals surface area contributed by atoms with Gasteiger partial charge in [0.25, 0.3) is 5.91 Å². The van der Waals surface area contributed by atoms with Crippen molar-refractivity contribution in [2.45, 2.75) is 113 Å². The van der Waals surface area contributed by atoms with Crippen molar-refractivity contribution < 1.29 is 72.9 Å². The van der Waals surface area contributed by atoms with E-state index in [0.29, 0.717) is 39.5 Å². The molecule has 62 heavy (non-hydrogen) atoms. The Morgan fingerprint density at radius 2 is 1.73 bits per heavy atom. The van der Waals surface area contributed by atoms with Crippen LogP contribution in [0.5, 0.6) is 11.6 Å². The van der Waals surface area contributed by atoms with Crippen molar-refractivity contribution in [3.8, 4) is 11.6 Å². The molecule has 3 N–H and O–H groups in total. The number of benzene rings is 1. The van der Waals surface area contributed by atoms with Gasteiger partial charge in [0.2, 0.25) is 39.0 Å². The zero-order valence-corrected chi connectivity index (χ0v) is 35.2. The number of ether oxygens (including phenoxy) is 4. The summed E-state index contributed by atoms with van der Waals surface area (Å²) in [6.07, 6.45) is -8.67. The first kappa shape index (κ1) is 46.6. The molecule has 0 spiro atoms. The van der Waals surface area contributed by atoms with Crippen molar-refractivity contribution >= 4 is 44.9 Å². The molecule has 16 nitrogen and oxygen atoms in total. The quantitative estimate of drug-likeness (QED) is 0.222. The second-order valence-corrected chi connectivity index (χ2v) is 18.7. The van der Waals surface area contributed by atoms with Gasteiger partial charge in [0.05, 0.1) is 36.5 Å². The summed E-state index contributed by atoms with van der Waals surface area (Å²) in [5, 5.41) is 4.07. The molecular weight excluding hydrogens is 859 g/mol. The van der Waals surface area contributed by atoms with Gasteiger partial charge in [-0.15, -0.1) is 0 Å². The van der Waals surface area contributed by atoms with Crippen molar-refractivity contribution in [1.29, 1.82) is 0 Å². The average molecular weight is 907 g/mol. The Hall–Kier alpha value is -4.93. The number of carbonyl (C=O) groups is 4. The molecule has 3 heterocycles. The maximum atomic E-state index is 14.9. The highest BCUT2D eigenvalue weighted by Crippen LogP contribution is 2.46. The largest absolute Gasteiger partial charge is 0.497 e. The van der Waals surface area contributed by atoms with Gasteiger partial charge >= 0.3 is 18.4 Å². The van der Waals surface area contributed by atoms with Crippen LogP contribution in [0, 0.1) is 17.8 Å². The highest BCUT2D eigenvalue weighted by Gasteiger charge is 2.62. The summed E-state index contributed by atoms with van der Waals surface area (Å²) in [6.45, 7) is 2.16. The van der Waals surface area contributed by atoms with Crippen molar-refractivity contribution in [1.82, 2.24) is 30.2 Å². The molecule has 3 fully saturated rings. The van der Waals surface area contributed by atoms with E-state index < -0.39 is 117 Å². The lowest BCUT2D eigenvalue weighted by Crippen LogP contribution is -2.60. The normalized spacial score (nSPS) is 28.1. The fourth-order valence-electron chi connectivity index (χ4n) is 7.71. The maximum absolute atomic E-state index is 14.9. The van der Waals surface area contributed by atoms with Crippen LogP contribution in [-0.2, 0) is 40.1 Å². The first-order chi connectivity index (χ1) is 28.9. The Bertz CT molecular complexity index is 2200.